The smallest absolute Gasteiger partial charge is 0.260 e. The van der Waals surface area contributed by atoms with Crippen molar-refractivity contribution in [2.24, 2.45) is 0 Å². The molecule has 0 aliphatic rings. The van der Waals surface area contributed by atoms with Crippen molar-refractivity contribution in [2.45, 2.75) is 18.9 Å². The van der Waals surface area contributed by atoms with Gasteiger partial charge in [0.05, 0.1) is 7.11 Å². The minimum Gasteiger partial charge on any atom is -0.497 e. The van der Waals surface area contributed by atoms with Gasteiger partial charge < -0.3 is 19.8 Å². The lowest BCUT2D eigenvalue weighted by molar-refractivity contribution is -0.127. The number of halogens is 1. The first-order valence-corrected chi connectivity index (χ1v) is 10.5. The molecule has 6 heteroatoms. The number of carbonyl (C=O) groups is 1. The number of ether oxygens (including phenoxy) is 2. The van der Waals surface area contributed by atoms with Crippen LogP contribution in [0.15, 0.2) is 79.0 Å². The summed E-state index contributed by atoms with van der Waals surface area (Å²) in [4.78, 5) is 16.0. The molecule has 0 fully saturated rings. The molecule has 1 aromatic heterocycles. The predicted octanol–water partition coefficient (Wildman–Crippen LogP) is 5.03. The fraction of sp³-hybridized carbons (Fsp3) is 0.192. The van der Waals surface area contributed by atoms with Crippen LogP contribution in [0.3, 0.4) is 0 Å². The molecule has 1 heterocycles. The van der Waals surface area contributed by atoms with Gasteiger partial charge >= 0.3 is 0 Å². The number of amides is 1. The van der Waals surface area contributed by atoms with Crippen LogP contribution in [0.5, 0.6) is 11.5 Å². The Morgan fingerprint density at radius 2 is 1.75 bits per heavy atom. The maximum Gasteiger partial charge on any atom is 0.260 e. The van der Waals surface area contributed by atoms with Crippen LogP contribution in [-0.2, 0) is 4.79 Å². The van der Waals surface area contributed by atoms with Gasteiger partial charge in [0, 0.05) is 29.6 Å². The van der Waals surface area contributed by atoms with Crippen LogP contribution in [0.4, 0.5) is 4.39 Å². The quantitative estimate of drug-likeness (QED) is 0.410. The number of nitrogens with one attached hydrogen (secondary N) is 2. The molecule has 164 valence electrons. The zero-order valence-corrected chi connectivity index (χ0v) is 18.0. The van der Waals surface area contributed by atoms with Gasteiger partial charge in [-0.1, -0.05) is 42.5 Å². The molecule has 2 N–H and O–H groups in total. The summed E-state index contributed by atoms with van der Waals surface area (Å²) in [6.07, 6.45) is 1.14. The van der Waals surface area contributed by atoms with Crippen molar-refractivity contribution in [3.05, 3.63) is 95.9 Å². The van der Waals surface area contributed by atoms with Gasteiger partial charge in [-0.3, -0.25) is 4.79 Å². The van der Waals surface area contributed by atoms with E-state index in [9.17, 15) is 9.18 Å². The molecule has 4 rings (SSSR count). The largest absolute Gasteiger partial charge is 0.497 e. The van der Waals surface area contributed by atoms with E-state index in [1.165, 1.54) is 12.1 Å². The predicted molar refractivity (Wildman–Crippen MR) is 123 cm³/mol. The maximum atomic E-state index is 13.9. The standard InChI is InChI=1S/C26H25FN2O3/c1-17(32-25-10-6-4-8-23(25)27)26(30)29-15-21(18-11-13-19(31-2)14-12-18)22-16-28-24-9-5-3-7-20(22)24/h3-14,16-17,21,28H,15H2,1-2H3,(H,29,30). The third-order valence-corrected chi connectivity index (χ3v) is 5.50. The van der Waals surface area contributed by atoms with E-state index in [-0.39, 0.29) is 17.6 Å². The highest BCUT2D eigenvalue weighted by Crippen LogP contribution is 2.31. The van der Waals surface area contributed by atoms with Crippen molar-refractivity contribution in [1.82, 2.24) is 10.3 Å². The van der Waals surface area contributed by atoms with E-state index >= 15 is 0 Å². The Bertz CT molecular complexity index is 1200. The lowest BCUT2D eigenvalue weighted by Gasteiger charge is -2.21. The Kier molecular flexibility index (Phi) is 6.40. The molecule has 1 amide bonds. The number of hydrogen-bond donors (Lipinski definition) is 2. The summed E-state index contributed by atoms with van der Waals surface area (Å²) in [6, 6.07) is 21.9. The molecule has 0 aliphatic carbocycles. The van der Waals surface area contributed by atoms with E-state index in [4.69, 9.17) is 9.47 Å². The van der Waals surface area contributed by atoms with Gasteiger partial charge in [-0.15, -0.1) is 0 Å². The molecule has 0 spiro atoms. The second-order valence-electron chi connectivity index (χ2n) is 7.55. The van der Waals surface area contributed by atoms with E-state index in [1.807, 2.05) is 48.7 Å². The summed E-state index contributed by atoms with van der Waals surface area (Å²) in [5.41, 5.74) is 3.15. The van der Waals surface area contributed by atoms with Crippen molar-refractivity contribution in [2.75, 3.05) is 13.7 Å². The Balaban J connectivity index is 1.55. The molecule has 0 bridgehead atoms. The van der Waals surface area contributed by atoms with Gasteiger partial charge in [0.2, 0.25) is 0 Å². The van der Waals surface area contributed by atoms with Crippen LogP contribution in [0.2, 0.25) is 0 Å². The third-order valence-electron chi connectivity index (χ3n) is 5.50. The fourth-order valence-electron chi connectivity index (χ4n) is 3.76. The minimum atomic E-state index is -0.841. The highest BCUT2D eigenvalue weighted by molar-refractivity contribution is 5.85. The number of H-pyrrole nitrogens is 1. The van der Waals surface area contributed by atoms with Crippen LogP contribution in [0, 0.1) is 5.82 Å². The number of hydrogen-bond acceptors (Lipinski definition) is 3. The van der Waals surface area contributed by atoms with Crippen LogP contribution in [0.1, 0.15) is 24.0 Å². The number of methoxy groups -OCH3 is 1. The molecular weight excluding hydrogens is 407 g/mol. The molecule has 5 nitrogen and oxygen atoms in total. The van der Waals surface area contributed by atoms with Crippen molar-refractivity contribution >= 4 is 16.8 Å². The van der Waals surface area contributed by atoms with Crippen LogP contribution < -0.4 is 14.8 Å². The number of fused-ring (bicyclic) bond motifs is 1. The molecule has 32 heavy (non-hydrogen) atoms. The van der Waals surface area contributed by atoms with E-state index in [0.29, 0.717) is 6.54 Å². The average molecular weight is 432 g/mol. The summed E-state index contributed by atoms with van der Waals surface area (Å²) in [5.74, 6) is -0.0869. The molecule has 3 aromatic carbocycles. The van der Waals surface area contributed by atoms with Gasteiger partial charge in [-0.25, -0.2) is 4.39 Å². The lowest BCUT2D eigenvalue weighted by atomic mass is 9.90. The maximum absolute atomic E-state index is 13.9. The monoisotopic (exact) mass is 432 g/mol. The first-order valence-electron chi connectivity index (χ1n) is 10.5. The first kappa shape index (κ1) is 21.4. The summed E-state index contributed by atoms with van der Waals surface area (Å²) < 4.78 is 24.7. The van der Waals surface area contributed by atoms with Gasteiger partial charge in [-0.2, -0.15) is 0 Å². The van der Waals surface area contributed by atoms with Gasteiger partial charge in [0.25, 0.3) is 5.91 Å². The first-order chi connectivity index (χ1) is 15.6. The molecule has 0 radical (unpaired) electrons. The zero-order chi connectivity index (χ0) is 22.5. The van der Waals surface area contributed by atoms with Crippen molar-refractivity contribution in [1.29, 1.82) is 0 Å². The number of aromatic nitrogens is 1. The summed E-state index contributed by atoms with van der Waals surface area (Å²) in [6.45, 7) is 1.97. The van der Waals surface area contributed by atoms with E-state index in [2.05, 4.69) is 16.4 Å². The van der Waals surface area contributed by atoms with Gasteiger partial charge in [0.1, 0.15) is 5.75 Å². The van der Waals surface area contributed by atoms with Crippen molar-refractivity contribution in [3.8, 4) is 11.5 Å². The Labute approximate surface area is 186 Å². The highest BCUT2D eigenvalue weighted by Gasteiger charge is 2.22. The van der Waals surface area contributed by atoms with Gasteiger partial charge in [-0.05, 0) is 48.4 Å². The van der Waals surface area contributed by atoms with Gasteiger partial charge in [0.15, 0.2) is 17.7 Å². The SMILES string of the molecule is COc1ccc(C(CNC(=O)C(C)Oc2ccccc2F)c2c[nH]c3ccccc23)cc1. The fourth-order valence-corrected chi connectivity index (χ4v) is 3.76. The minimum absolute atomic E-state index is 0.0542. The van der Waals surface area contributed by atoms with Crippen molar-refractivity contribution < 1.29 is 18.7 Å². The second kappa shape index (κ2) is 9.56. The second-order valence-corrected chi connectivity index (χ2v) is 7.55. The van der Waals surface area contributed by atoms with E-state index in [0.717, 1.165) is 27.8 Å². The van der Waals surface area contributed by atoms with Crippen LogP contribution >= 0.6 is 0 Å². The lowest BCUT2D eigenvalue weighted by Crippen LogP contribution is -2.38. The van der Waals surface area contributed by atoms with Crippen LogP contribution in [-0.4, -0.2) is 30.6 Å². The number of aromatic amines is 1. The molecule has 0 saturated carbocycles. The molecule has 4 aromatic rings. The normalized spacial score (nSPS) is 12.8. The summed E-state index contributed by atoms with van der Waals surface area (Å²) in [5, 5.41) is 4.07. The molecule has 0 aliphatic heterocycles. The Morgan fingerprint density at radius 3 is 2.50 bits per heavy atom. The Morgan fingerprint density at radius 1 is 1.03 bits per heavy atom. The molecular formula is C26H25FN2O3. The summed E-state index contributed by atoms with van der Waals surface area (Å²) in [7, 11) is 1.63. The molecule has 2 atom stereocenters. The Hall–Kier alpha value is -3.80. The number of benzene rings is 3. The topological polar surface area (TPSA) is 63.4 Å². The van der Waals surface area contributed by atoms with Crippen molar-refractivity contribution in [3.63, 3.8) is 0 Å². The average Bonchev–Trinajstić information content (AvgIpc) is 3.25. The zero-order valence-electron chi connectivity index (χ0n) is 18.0. The van der Waals surface area contributed by atoms with Crippen LogP contribution in [0.25, 0.3) is 10.9 Å². The van der Waals surface area contributed by atoms with E-state index < -0.39 is 11.9 Å². The summed E-state index contributed by atoms with van der Waals surface area (Å²) >= 11 is 0. The number of rotatable bonds is 8. The highest BCUT2D eigenvalue weighted by atomic mass is 19.1. The number of para-hydroxylation sites is 2. The molecule has 0 saturated heterocycles. The molecule has 2 unspecified atom stereocenters. The third kappa shape index (κ3) is 4.59. The number of carbonyl (C=O) groups excluding carboxylic acids is 1. The van der Waals surface area contributed by atoms with E-state index in [1.54, 1.807) is 26.2 Å².